The van der Waals surface area contributed by atoms with Crippen LogP contribution in [-0.4, -0.2) is 69.3 Å². The molecule has 11 heteroatoms. The summed E-state index contributed by atoms with van der Waals surface area (Å²) in [5.74, 6) is -2.65. The number of aromatic hydroxyl groups is 1. The largest absolute Gasteiger partial charge is 0.507 e. The van der Waals surface area contributed by atoms with Gasteiger partial charge in [0, 0.05) is 29.7 Å². The van der Waals surface area contributed by atoms with Gasteiger partial charge in [0.05, 0.1) is 31.9 Å². The van der Waals surface area contributed by atoms with Gasteiger partial charge in [0.2, 0.25) is 5.91 Å². The number of amidine groups is 1. The van der Waals surface area contributed by atoms with Crippen molar-refractivity contribution in [1.29, 1.82) is 5.41 Å². The van der Waals surface area contributed by atoms with E-state index < -0.39 is 23.2 Å². The fraction of sp³-hybridized carbons (Fsp3) is 0.467. The van der Waals surface area contributed by atoms with Crippen LogP contribution in [0.15, 0.2) is 18.2 Å². The van der Waals surface area contributed by atoms with Crippen LogP contribution >= 0.6 is 0 Å². The van der Waals surface area contributed by atoms with E-state index in [-0.39, 0.29) is 90.5 Å². The van der Waals surface area contributed by atoms with Gasteiger partial charge < -0.3 is 29.5 Å². The fourth-order valence-electron chi connectivity index (χ4n) is 5.34. The molecule has 41 heavy (non-hydrogen) atoms. The molecule has 220 valence electrons. The highest BCUT2D eigenvalue weighted by Crippen LogP contribution is 2.40. The van der Waals surface area contributed by atoms with E-state index in [4.69, 9.17) is 14.9 Å². The third-order valence-corrected chi connectivity index (χ3v) is 7.38. The quantitative estimate of drug-likeness (QED) is 0.361. The van der Waals surface area contributed by atoms with Gasteiger partial charge in [-0.25, -0.2) is 9.18 Å². The zero-order chi connectivity index (χ0) is 30.2. The van der Waals surface area contributed by atoms with Gasteiger partial charge in [-0.2, -0.15) is 0 Å². The molecular formula is C30H36FN3O7. The van der Waals surface area contributed by atoms with Gasteiger partial charge in [0.1, 0.15) is 17.6 Å². The van der Waals surface area contributed by atoms with Crippen molar-refractivity contribution >= 4 is 23.5 Å². The smallest absolute Gasteiger partial charge is 0.326 e. The van der Waals surface area contributed by atoms with Crippen LogP contribution in [-0.2, 0) is 28.1 Å². The average Bonchev–Trinajstić information content (AvgIpc) is 3.41. The lowest BCUT2D eigenvalue weighted by atomic mass is 9.83. The molecule has 2 aromatic carbocycles. The van der Waals surface area contributed by atoms with E-state index in [1.165, 1.54) is 15.9 Å². The van der Waals surface area contributed by atoms with Crippen molar-refractivity contribution in [1.82, 2.24) is 9.80 Å². The SMILES string of the molecule is CCOc1cc2c(c(F)c1OCC)C(=N)N(CC(=O)c1cc(CN3C(=O)CCC3C(=O)O)c(O)c(C(C)(C)C)c1)C2. The Morgan fingerprint density at radius 1 is 1.15 bits per heavy atom. The standard InChI is InChI=1S/C30H36FN3O7/c1-6-40-22-12-17-13-33(28(32)24(17)25(31)27(22)41-7-2)15-21(35)16-10-18(26(37)19(11-16)30(3,4)5)14-34-20(29(38)39)8-9-23(34)36/h10-12,20,32,37H,6-9,13-15H2,1-5H3,(H,38,39). The molecule has 1 atom stereocenters. The third kappa shape index (κ3) is 5.71. The number of carboxylic acid groups (broad SMARTS) is 1. The molecule has 4 rings (SSSR count). The molecule has 0 radical (unpaired) electrons. The van der Waals surface area contributed by atoms with Gasteiger partial charge in [-0.3, -0.25) is 15.0 Å². The van der Waals surface area contributed by atoms with E-state index in [2.05, 4.69) is 0 Å². The van der Waals surface area contributed by atoms with Gasteiger partial charge in [-0.1, -0.05) is 20.8 Å². The maximum absolute atomic E-state index is 15.5. The summed E-state index contributed by atoms with van der Waals surface area (Å²) < 4.78 is 26.5. The summed E-state index contributed by atoms with van der Waals surface area (Å²) >= 11 is 0. The van der Waals surface area contributed by atoms with Gasteiger partial charge in [-0.15, -0.1) is 0 Å². The summed E-state index contributed by atoms with van der Waals surface area (Å²) in [7, 11) is 0. The molecule has 2 heterocycles. The number of hydrogen-bond acceptors (Lipinski definition) is 7. The number of ketones is 1. The molecule has 0 aliphatic carbocycles. The van der Waals surface area contributed by atoms with Gasteiger partial charge in [0.25, 0.3) is 0 Å². The molecule has 1 amide bonds. The zero-order valence-electron chi connectivity index (χ0n) is 24.0. The number of carbonyl (C=O) groups excluding carboxylic acids is 2. The highest BCUT2D eigenvalue weighted by Gasteiger charge is 2.37. The first-order chi connectivity index (χ1) is 19.3. The minimum Gasteiger partial charge on any atom is -0.507 e. The van der Waals surface area contributed by atoms with Crippen LogP contribution < -0.4 is 9.47 Å². The number of fused-ring (bicyclic) bond motifs is 1. The maximum Gasteiger partial charge on any atom is 0.326 e. The Labute approximate surface area is 238 Å². The van der Waals surface area contributed by atoms with Crippen LogP contribution in [0.4, 0.5) is 4.39 Å². The van der Waals surface area contributed by atoms with Crippen molar-refractivity contribution in [2.75, 3.05) is 19.8 Å². The number of likely N-dealkylation sites (tertiary alicyclic amines) is 1. The van der Waals surface area contributed by atoms with Crippen LogP contribution in [0.5, 0.6) is 17.2 Å². The van der Waals surface area contributed by atoms with E-state index >= 15 is 4.39 Å². The van der Waals surface area contributed by atoms with Crippen molar-refractivity contribution in [2.45, 2.75) is 72.0 Å². The van der Waals surface area contributed by atoms with Crippen LogP contribution in [0.3, 0.4) is 0 Å². The van der Waals surface area contributed by atoms with Crippen molar-refractivity contribution in [3.8, 4) is 17.2 Å². The van der Waals surface area contributed by atoms with Crippen molar-refractivity contribution < 1.29 is 38.5 Å². The molecule has 1 fully saturated rings. The molecule has 1 unspecified atom stereocenters. The van der Waals surface area contributed by atoms with E-state index in [0.717, 1.165) is 0 Å². The second kappa shape index (κ2) is 11.4. The second-order valence-electron chi connectivity index (χ2n) is 11.2. The predicted octanol–water partition coefficient (Wildman–Crippen LogP) is 4.23. The molecule has 10 nitrogen and oxygen atoms in total. The number of phenols is 1. The number of phenolic OH excluding ortho intramolecular Hbond substituents is 1. The molecule has 2 aromatic rings. The van der Waals surface area contributed by atoms with Gasteiger partial charge in [0.15, 0.2) is 23.1 Å². The van der Waals surface area contributed by atoms with E-state index in [9.17, 15) is 24.6 Å². The lowest BCUT2D eigenvalue weighted by Crippen LogP contribution is -2.38. The Bertz CT molecular complexity index is 1420. The Balaban J connectivity index is 1.66. The molecule has 3 N–H and O–H groups in total. The number of nitrogens with one attached hydrogen (secondary N) is 1. The first-order valence-electron chi connectivity index (χ1n) is 13.6. The fourth-order valence-corrected chi connectivity index (χ4v) is 5.34. The summed E-state index contributed by atoms with van der Waals surface area (Å²) in [6, 6.07) is 3.66. The van der Waals surface area contributed by atoms with Crippen LogP contribution in [0.1, 0.15) is 80.1 Å². The van der Waals surface area contributed by atoms with Gasteiger partial charge >= 0.3 is 5.97 Å². The molecule has 0 aromatic heterocycles. The predicted molar refractivity (Wildman–Crippen MR) is 148 cm³/mol. The monoisotopic (exact) mass is 569 g/mol. The molecule has 2 aliphatic rings. The Hall–Kier alpha value is -4.15. The number of rotatable bonds is 10. The number of ether oxygens (including phenoxy) is 2. The Kier molecular flexibility index (Phi) is 8.28. The molecule has 0 saturated carbocycles. The second-order valence-corrected chi connectivity index (χ2v) is 11.2. The van der Waals surface area contributed by atoms with Crippen molar-refractivity contribution in [3.05, 3.63) is 51.8 Å². The first kappa shape index (κ1) is 29.8. The van der Waals surface area contributed by atoms with Crippen LogP contribution in [0.2, 0.25) is 0 Å². The third-order valence-electron chi connectivity index (χ3n) is 7.38. The Morgan fingerprint density at radius 3 is 2.44 bits per heavy atom. The zero-order valence-corrected chi connectivity index (χ0v) is 24.0. The summed E-state index contributed by atoms with van der Waals surface area (Å²) in [4.78, 5) is 40.4. The number of benzene rings is 2. The molecule has 0 spiro atoms. The minimum atomic E-state index is -1.13. The Morgan fingerprint density at radius 2 is 1.83 bits per heavy atom. The van der Waals surface area contributed by atoms with E-state index in [1.807, 2.05) is 20.8 Å². The summed E-state index contributed by atoms with van der Waals surface area (Å²) in [5.41, 5.74) is 0.929. The first-order valence-corrected chi connectivity index (χ1v) is 13.6. The maximum atomic E-state index is 15.5. The number of carboxylic acids is 1. The number of carbonyl (C=O) groups is 3. The topological polar surface area (TPSA) is 140 Å². The lowest BCUT2D eigenvalue weighted by Gasteiger charge is -2.27. The summed E-state index contributed by atoms with van der Waals surface area (Å²) in [6.45, 7) is 9.30. The number of halogens is 1. The van der Waals surface area contributed by atoms with Crippen LogP contribution in [0.25, 0.3) is 0 Å². The molecule has 0 bridgehead atoms. The highest BCUT2D eigenvalue weighted by molar-refractivity contribution is 6.06. The molecule has 1 saturated heterocycles. The number of hydrogen-bond donors (Lipinski definition) is 3. The average molecular weight is 570 g/mol. The number of aliphatic carboxylic acids is 1. The van der Waals surface area contributed by atoms with Crippen molar-refractivity contribution in [2.24, 2.45) is 0 Å². The normalized spacial score (nSPS) is 16.8. The summed E-state index contributed by atoms with van der Waals surface area (Å²) in [6.07, 6.45) is 0.260. The van der Waals surface area contributed by atoms with E-state index in [1.54, 1.807) is 26.0 Å². The van der Waals surface area contributed by atoms with Crippen LogP contribution in [0, 0.1) is 11.2 Å². The summed E-state index contributed by atoms with van der Waals surface area (Å²) in [5, 5.41) is 29.3. The number of nitrogens with zero attached hydrogens (tertiary/aromatic N) is 2. The lowest BCUT2D eigenvalue weighted by molar-refractivity contribution is -0.146. The number of amides is 1. The molecule has 2 aliphatic heterocycles. The number of Topliss-reactive ketones (excluding diaryl/α,β-unsaturated/α-hetero) is 1. The highest BCUT2D eigenvalue weighted by atomic mass is 19.1. The minimum absolute atomic E-state index is 0.0544. The van der Waals surface area contributed by atoms with Gasteiger partial charge in [-0.05, 0) is 49.4 Å². The van der Waals surface area contributed by atoms with Crippen molar-refractivity contribution in [3.63, 3.8) is 0 Å². The van der Waals surface area contributed by atoms with E-state index in [0.29, 0.717) is 17.7 Å². The molecular weight excluding hydrogens is 533 g/mol.